The van der Waals surface area contributed by atoms with Gasteiger partial charge in [0.2, 0.25) is 0 Å². The molecule has 0 radical (unpaired) electrons. The van der Waals surface area contributed by atoms with Crippen molar-refractivity contribution in [3.05, 3.63) is 33.8 Å². The maximum Gasteiger partial charge on any atom is 0.254 e. The predicted octanol–water partition coefficient (Wildman–Crippen LogP) is 3.88. The Bertz CT molecular complexity index is 401. The molecule has 0 atom stereocenters. The molecular weight excluding hydrogens is 278 g/mol. The van der Waals surface area contributed by atoms with Crippen LogP contribution in [-0.2, 0) is 0 Å². The lowest BCUT2D eigenvalue weighted by atomic mass is 10.1. The standard InChI is InChI=1S/C14H20BrNO/c1-5-16(9-10(2)3)14(17)13-8-12(15)7-6-11(13)4/h6-8,10H,5,9H2,1-4H3. The number of aryl methyl sites for hydroxylation is 1. The molecule has 0 bridgehead atoms. The van der Waals surface area contributed by atoms with Gasteiger partial charge in [-0.05, 0) is 37.5 Å². The van der Waals surface area contributed by atoms with Gasteiger partial charge >= 0.3 is 0 Å². The van der Waals surface area contributed by atoms with Crippen molar-refractivity contribution in [1.29, 1.82) is 0 Å². The third-order valence-electron chi connectivity index (χ3n) is 2.68. The molecule has 0 aliphatic rings. The zero-order chi connectivity index (χ0) is 13.0. The van der Waals surface area contributed by atoms with E-state index >= 15 is 0 Å². The van der Waals surface area contributed by atoms with Crippen molar-refractivity contribution >= 4 is 21.8 Å². The van der Waals surface area contributed by atoms with Gasteiger partial charge in [0.15, 0.2) is 0 Å². The Morgan fingerprint density at radius 2 is 2.06 bits per heavy atom. The molecule has 94 valence electrons. The molecule has 0 fully saturated rings. The third-order valence-corrected chi connectivity index (χ3v) is 3.18. The number of carbonyl (C=O) groups is 1. The summed E-state index contributed by atoms with van der Waals surface area (Å²) in [6, 6.07) is 5.84. The van der Waals surface area contributed by atoms with E-state index in [0.717, 1.165) is 28.7 Å². The monoisotopic (exact) mass is 297 g/mol. The van der Waals surface area contributed by atoms with Gasteiger partial charge in [0.1, 0.15) is 0 Å². The number of amides is 1. The van der Waals surface area contributed by atoms with Crippen LogP contribution < -0.4 is 0 Å². The topological polar surface area (TPSA) is 20.3 Å². The summed E-state index contributed by atoms with van der Waals surface area (Å²) in [6.45, 7) is 9.81. The van der Waals surface area contributed by atoms with Gasteiger partial charge in [0.25, 0.3) is 5.91 Å². The largest absolute Gasteiger partial charge is 0.339 e. The fraction of sp³-hybridized carbons (Fsp3) is 0.500. The minimum absolute atomic E-state index is 0.125. The van der Waals surface area contributed by atoms with Gasteiger partial charge in [-0.15, -0.1) is 0 Å². The molecule has 0 saturated carbocycles. The number of nitrogens with zero attached hydrogens (tertiary/aromatic N) is 1. The summed E-state index contributed by atoms with van der Waals surface area (Å²) in [6.07, 6.45) is 0. The van der Waals surface area contributed by atoms with Gasteiger partial charge in [-0.3, -0.25) is 4.79 Å². The van der Waals surface area contributed by atoms with E-state index in [1.165, 1.54) is 0 Å². The van der Waals surface area contributed by atoms with E-state index in [9.17, 15) is 4.79 Å². The Kier molecular flexibility index (Phi) is 5.19. The SMILES string of the molecule is CCN(CC(C)C)C(=O)c1cc(Br)ccc1C. The summed E-state index contributed by atoms with van der Waals surface area (Å²) in [5, 5.41) is 0. The number of rotatable bonds is 4. The number of benzene rings is 1. The van der Waals surface area contributed by atoms with Gasteiger partial charge in [-0.2, -0.15) is 0 Å². The molecule has 0 unspecified atom stereocenters. The normalized spacial score (nSPS) is 10.7. The molecule has 1 aromatic rings. The van der Waals surface area contributed by atoms with E-state index in [4.69, 9.17) is 0 Å². The summed E-state index contributed by atoms with van der Waals surface area (Å²) < 4.78 is 0.951. The first-order valence-electron chi connectivity index (χ1n) is 6.01. The highest BCUT2D eigenvalue weighted by Gasteiger charge is 2.17. The molecule has 1 aromatic carbocycles. The van der Waals surface area contributed by atoms with Crippen LogP contribution in [0.5, 0.6) is 0 Å². The molecule has 0 aromatic heterocycles. The van der Waals surface area contributed by atoms with E-state index in [1.807, 2.05) is 36.9 Å². The molecule has 0 aliphatic heterocycles. The van der Waals surface area contributed by atoms with Crippen LogP contribution in [0.3, 0.4) is 0 Å². The maximum absolute atomic E-state index is 12.4. The van der Waals surface area contributed by atoms with Gasteiger partial charge in [-0.1, -0.05) is 35.8 Å². The quantitative estimate of drug-likeness (QED) is 0.826. The highest BCUT2D eigenvalue weighted by Crippen LogP contribution is 2.18. The van der Waals surface area contributed by atoms with Crippen LogP contribution in [0.25, 0.3) is 0 Å². The van der Waals surface area contributed by atoms with Crippen molar-refractivity contribution in [2.75, 3.05) is 13.1 Å². The fourth-order valence-electron chi connectivity index (χ4n) is 1.79. The second-order valence-electron chi connectivity index (χ2n) is 4.70. The molecule has 0 N–H and O–H groups in total. The number of carbonyl (C=O) groups excluding carboxylic acids is 1. The summed E-state index contributed by atoms with van der Waals surface area (Å²) in [5.74, 6) is 0.617. The van der Waals surface area contributed by atoms with Gasteiger partial charge < -0.3 is 4.90 Å². The van der Waals surface area contributed by atoms with Crippen LogP contribution in [0.4, 0.5) is 0 Å². The minimum atomic E-state index is 0.125. The maximum atomic E-state index is 12.4. The second-order valence-corrected chi connectivity index (χ2v) is 5.61. The van der Waals surface area contributed by atoms with Crippen molar-refractivity contribution in [3.63, 3.8) is 0 Å². The fourth-order valence-corrected chi connectivity index (χ4v) is 2.15. The van der Waals surface area contributed by atoms with Gasteiger partial charge in [-0.25, -0.2) is 0 Å². The Labute approximate surface area is 112 Å². The Balaban J connectivity index is 2.97. The number of hydrogen-bond donors (Lipinski definition) is 0. The Hall–Kier alpha value is -0.830. The van der Waals surface area contributed by atoms with E-state index in [-0.39, 0.29) is 5.91 Å². The minimum Gasteiger partial charge on any atom is -0.339 e. The first-order valence-corrected chi connectivity index (χ1v) is 6.80. The summed E-state index contributed by atoms with van der Waals surface area (Å²) in [4.78, 5) is 14.3. The van der Waals surface area contributed by atoms with Crippen molar-refractivity contribution in [2.45, 2.75) is 27.7 Å². The molecule has 1 rings (SSSR count). The lowest BCUT2D eigenvalue weighted by Crippen LogP contribution is -2.34. The van der Waals surface area contributed by atoms with Crippen molar-refractivity contribution in [3.8, 4) is 0 Å². The molecule has 0 heterocycles. The molecule has 0 aliphatic carbocycles. The number of hydrogen-bond acceptors (Lipinski definition) is 1. The van der Waals surface area contributed by atoms with Crippen LogP contribution in [0.15, 0.2) is 22.7 Å². The molecule has 2 nitrogen and oxygen atoms in total. The van der Waals surface area contributed by atoms with Crippen LogP contribution in [0, 0.1) is 12.8 Å². The summed E-state index contributed by atoms with van der Waals surface area (Å²) in [7, 11) is 0. The molecule has 17 heavy (non-hydrogen) atoms. The smallest absolute Gasteiger partial charge is 0.254 e. The van der Waals surface area contributed by atoms with E-state index < -0.39 is 0 Å². The molecule has 1 amide bonds. The first kappa shape index (κ1) is 14.2. The zero-order valence-corrected chi connectivity index (χ0v) is 12.5. The van der Waals surface area contributed by atoms with Crippen molar-refractivity contribution in [2.24, 2.45) is 5.92 Å². The van der Waals surface area contributed by atoms with Crippen LogP contribution in [0.1, 0.15) is 36.7 Å². The van der Waals surface area contributed by atoms with Crippen molar-refractivity contribution in [1.82, 2.24) is 4.90 Å². The Morgan fingerprint density at radius 3 is 2.59 bits per heavy atom. The third kappa shape index (κ3) is 3.84. The van der Waals surface area contributed by atoms with E-state index in [1.54, 1.807) is 0 Å². The molecule has 3 heteroatoms. The highest BCUT2D eigenvalue weighted by atomic mass is 79.9. The average Bonchev–Trinajstić information content (AvgIpc) is 2.28. The first-order chi connectivity index (χ1) is 7.95. The molecule has 0 saturated heterocycles. The van der Waals surface area contributed by atoms with E-state index in [2.05, 4.69) is 29.8 Å². The van der Waals surface area contributed by atoms with Gasteiger partial charge in [0.05, 0.1) is 0 Å². The second kappa shape index (κ2) is 6.20. The van der Waals surface area contributed by atoms with E-state index in [0.29, 0.717) is 5.92 Å². The Morgan fingerprint density at radius 1 is 1.41 bits per heavy atom. The summed E-state index contributed by atoms with van der Waals surface area (Å²) >= 11 is 3.42. The predicted molar refractivity (Wildman–Crippen MR) is 75.3 cm³/mol. The summed E-state index contributed by atoms with van der Waals surface area (Å²) in [5.41, 5.74) is 1.82. The highest BCUT2D eigenvalue weighted by molar-refractivity contribution is 9.10. The zero-order valence-electron chi connectivity index (χ0n) is 11.0. The van der Waals surface area contributed by atoms with Crippen LogP contribution >= 0.6 is 15.9 Å². The van der Waals surface area contributed by atoms with Gasteiger partial charge in [0, 0.05) is 23.1 Å². The van der Waals surface area contributed by atoms with Crippen LogP contribution in [-0.4, -0.2) is 23.9 Å². The number of halogens is 1. The average molecular weight is 298 g/mol. The van der Waals surface area contributed by atoms with Crippen molar-refractivity contribution < 1.29 is 4.79 Å². The van der Waals surface area contributed by atoms with Crippen LogP contribution in [0.2, 0.25) is 0 Å². The lowest BCUT2D eigenvalue weighted by Gasteiger charge is -2.23. The molecule has 0 spiro atoms. The molecular formula is C14H20BrNO. The lowest BCUT2D eigenvalue weighted by molar-refractivity contribution is 0.0745.